The number of pyridine rings is 1. The van der Waals surface area contributed by atoms with Crippen molar-refractivity contribution < 1.29 is 13.2 Å². The Hall–Kier alpha value is -0.850. The average Bonchev–Trinajstić information content (AvgIpc) is 2.14. The minimum atomic E-state index is -4.41. The predicted octanol–water partition coefficient (Wildman–Crippen LogP) is 2.32. The summed E-state index contributed by atoms with van der Waals surface area (Å²) in [4.78, 5) is 3.68. The fourth-order valence-corrected chi connectivity index (χ4v) is 1.22. The Labute approximate surface area is 96.2 Å². The first-order valence-corrected chi connectivity index (χ1v) is 4.81. The Morgan fingerprint density at radius 1 is 1.44 bits per heavy atom. The van der Waals surface area contributed by atoms with E-state index in [1.807, 2.05) is 0 Å². The maximum Gasteiger partial charge on any atom is 0.417 e. The second-order valence-corrected chi connectivity index (χ2v) is 3.79. The Morgan fingerprint density at radius 2 is 2.06 bits per heavy atom. The van der Waals surface area contributed by atoms with E-state index >= 15 is 0 Å². The van der Waals surface area contributed by atoms with Crippen molar-refractivity contribution in [3.8, 4) is 0 Å². The molecule has 0 saturated carbocycles. The summed E-state index contributed by atoms with van der Waals surface area (Å²) in [5, 5.41) is 1.67. The molecule has 0 aliphatic carbocycles. The molecule has 3 nitrogen and oxygen atoms in total. The van der Waals surface area contributed by atoms with Crippen LogP contribution in [-0.2, 0) is 12.7 Å². The highest BCUT2D eigenvalue weighted by Gasteiger charge is 2.31. The van der Waals surface area contributed by atoms with E-state index in [-0.39, 0.29) is 11.6 Å². The minimum absolute atomic E-state index is 0.00387. The number of nitrogens with zero attached hydrogens (tertiary/aromatic N) is 2. The summed E-state index contributed by atoms with van der Waals surface area (Å²) in [6.45, 7) is 0.282. The van der Waals surface area contributed by atoms with Crippen LogP contribution in [0.3, 0.4) is 0 Å². The van der Waals surface area contributed by atoms with E-state index in [2.05, 4.69) is 10.4 Å². The van der Waals surface area contributed by atoms with Gasteiger partial charge in [-0.05, 0) is 6.07 Å². The van der Waals surface area contributed by atoms with Crippen LogP contribution in [0.5, 0.6) is 0 Å². The average molecular weight is 254 g/mol. The van der Waals surface area contributed by atoms with E-state index in [0.29, 0.717) is 5.69 Å². The van der Waals surface area contributed by atoms with Crippen LogP contribution in [0.4, 0.5) is 13.2 Å². The molecule has 1 aromatic rings. The molecule has 0 radical (unpaired) electrons. The summed E-state index contributed by atoms with van der Waals surface area (Å²) >= 11 is 5.70. The smallest absolute Gasteiger partial charge is 0.258 e. The van der Waals surface area contributed by atoms with Crippen LogP contribution in [0.2, 0.25) is 5.02 Å². The van der Waals surface area contributed by atoms with E-state index < -0.39 is 11.7 Å². The van der Waals surface area contributed by atoms with Crippen molar-refractivity contribution in [2.24, 2.45) is 0 Å². The highest BCUT2D eigenvalue weighted by molar-refractivity contribution is 6.31. The summed E-state index contributed by atoms with van der Waals surface area (Å²) in [5.41, 5.74) is 2.40. The van der Waals surface area contributed by atoms with Gasteiger partial charge in [-0.15, -0.1) is 0 Å². The molecule has 0 bridgehead atoms. The number of aromatic nitrogens is 1. The summed E-state index contributed by atoms with van der Waals surface area (Å²) in [6, 6.07) is 0.876. The fourth-order valence-electron chi connectivity index (χ4n) is 0.984. The molecule has 0 amide bonds. The normalized spacial score (nSPS) is 12.2. The van der Waals surface area contributed by atoms with E-state index in [4.69, 9.17) is 11.6 Å². The zero-order chi connectivity index (χ0) is 12.3. The van der Waals surface area contributed by atoms with Gasteiger partial charge in [0.1, 0.15) is 0 Å². The monoisotopic (exact) mass is 253 g/mol. The minimum Gasteiger partial charge on any atom is -0.258 e. The number of hydrazine groups is 1. The SMILES string of the molecule is CN(C)NCc1ncc(C(F)(F)F)cc1Cl. The van der Waals surface area contributed by atoms with Gasteiger partial charge in [0.05, 0.1) is 22.8 Å². The van der Waals surface area contributed by atoms with Crippen molar-refractivity contribution in [3.63, 3.8) is 0 Å². The van der Waals surface area contributed by atoms with Crippen LogP contribution >= 0.6 is 11.6 Å². The zero-order valence-electron chi connectivity index (χ0n) is 8.77. The Balaban J connectivity index is 2.84. The third-order valence-electron chi connectivity index (χ3n) is 1.81. The van der Waals surface area contributed by atoms with Gasteiger partial charge in [-0.1, -0.05) is 11.6 Å². The van der Waals surface area contributed by atoms with E-state index in [0.717, 1.165) is 12.3 Å². The molecule has 0 aromatic carbocycles. The van der Waals surface area contributed by atoms with Crippen LogP contribution in [0.15, 0.2) is 12.3 Å². The molecule has 1 heterocycles. The molecule has 0 spiro atoms. The molecule has 0 fully saturated rings. The lowest BCUT2D eigenvalue weighted by Crippen LogP contribution is -2.30. The summed E-state index contributed by atoms with van der Waals surface area (Å²) in [7, 11) is 3.52. The lowest BCUT2D eigenvalue weighted by Gasteiger charge is -2.13. The molecule has 0 aliphatic rings. The number of alkyl halides is 3. The molecule has 16 heavy (non-hydrogen) atoms. The highest BCUT2D eigenvalue weighted by Crippen LogP contribution is 2.30. The lowest BCUT2D eigenvalue weighted by molar-refractivity contribution is -0.137. The largest absolute Gasteiger partial charge is 0.417 e. The molecule has 0 saturated heterocycles. The molecule has 1 rings (SSSR count). The molecule has 0 atom stereocenters. The maximum atomic E-state index is 12.3. The zero-order valence-corrected chi connectivity index (χ0v) is 9.52. The number of halogens is 4. The quantitative estimate of drug-likeness (QED) is 0.838. The van der Waals surface area contributed by atoms with Crippen LogP contribution in [0.25, 0.3) is 0 Å². The molecule has 90 valence electrons. The van der Waals surface area contributed by atoms with Gasteiger partial charge in [-0.25, -0.2) is 5.43 Å². The van der Waals surface area contributed by atoms with Crippen molar-refractivity contribution in [1.29, 1.82) is 0 Å². The first-order valence-electron chi connectivity index (χ1n) is 4.43. The maximum absolute atomic E-state index is 12.3. The summed E-state index contributed by atoms with van der Waals surface area (Å²) in [6.07, 6.45) is -3.64. The Kier molecular flexibility index (Phi) is 4.12. The van der Waals surface area contributed by atoms with E-state index in [9.17, 15) is 13.2 Å². The van der Waals surface area contributed by atoms with Crippen molar-refractivity contribution >= 4 is 11.6 Å². The van der Waals surface area contributed by atoms with Crippen molar-refractivity contribution in [3.05, 3.63) is 28.5 Å². The van der Waals surface area contributed by atoms with Crippen LogP contribution in [0.1, 0.15) is 11.3 Å². The van der Waals surface area contributed by atoms with Crippen molar-refractivity contribution in [2.45, 2.75) is 12.7 Å². The number of rotatable bonds is 3. The van der Waals surface area contributed by atoms with Gasteiger partial charge in [-0.3, -0.25) is 9.99 Å². The van der Waals surface area contributed by atoms with Gasteiger partial charge >= 0.3 is 6.18 Å². The first-order chi connectivity index (χ1) is 7.30. The van der Waals surface area contributed by atoms with Gasteiger partial charge < -0.3 is 0 Å². The van der Waals surface area contributed by atoms with Gasteiger partial charge in [0.2, 0.25) is 0 Å². The third kappa shape index (κ3) is 3.62. The molecule has 0 aliphatic heterocycles. The van der Waals surface area contributed by atoms with Gasteiger partial charge in [0, 0.05) is 20.3 Å². The van der Waals surface area contributed by atoms with Crippen molar-refractivity contribution in [2.75, 3.05) is 14.1 Å². The fraction of sp³-hybridized carbons (Fsp3) is 0.444. The van der Waals surface area contributed by atoms with Gasteiger partial charge in [0.25, 0.3) is 0 Å². The number of hydrogen-bond donors (Lipinski definition) is 1. The summed E-state index contributed by atoms with van der Waals surface area (Å²) in [5.74, 6) is 0. The van der Waals surface area contributed by atoms with Crippen LogP contribution in [-0.4, -0.2) is 24.1 Å². The second kappa shape index (κ2) is 4.99. The first kappa shape index (κ1) is 13.2. The Morgan fingerprint density at radius 3 is 2.50 bits per heavy atom. The molecule has 1 N–H and O–H groups in total. The Bertz CT molecular complexity index is 366. The molecule has 7 heteroatoms. The molecule has 1 aromatic heterocycles. The van der Waals surface area contributed by atoms with Crippen LogP contribution < -0.4 is 5.43 Å². The molecular formula is C9H11ClF3N3. The van der Waals surface area contributed by atoms with E-state index in [1.165, 1.54) is 0 Å². The molecule has 0 unspecified atom stereocenters. The molecular weight excluding hydrogens is 243 g/mol. The van der Waals surface area contributed by atoms with Crippen molar-refractivity contribution in [1.82, 2.24) is 15.4 Å². The number of nitrogens with one attached hydrogen (secondary N) is 1. The predicted molar refractivity (Wildman–Crippen MR) is 54.8 cm³/mol. The standard InChI is InChI=1S/C9H11ClF3N3/c1-16(2)15-5-8-7(10)3-6(4-14-8)9(11,12)13/h3-4,15H,5H2,1-2H3. The summed E-state index contributed by atoms with van der Waals surface area (Å²) < 4.78 is 36.9. The number of hydrogen-bond acceptors (Lipinski definition) is 3. The van der Waals surface area contributed by atoms with Crippen LogP contribution in [0, 0.1) is 0 Å². The van der Waals surface area contributed by atoms with Gasteiger partial charge in [0.15, 0.2) is 0 Å². The third-order valence-corrected chi connectivity index (χ3v) is 2.13. The topological polar surface area (TPSA) is 28.2 Å². The second-order valence-electron chi connectivity index (χ2n) is 3.38. The van der Waals surface area contributed by atoms with E-state index in [1.54, 1.807) is 19.1 Å². The van der Waals surface area contributed by atoms with Gasteiger partial charge in [-0.2, -0.15) is 13.2 Å². The highest BCUT2D eigenvalue weighted by atomic mass is 35.5. The lowest BCUT2D eigenvalue weighted by atomic mass is 10.2.